The molecule has 0 spiro atoms. The van der Waals surface area contributed by atoms with Crippen molar-refractivity contribution >= 4 is 21.5 Å². The smallest absolute Gasteiger partial charge is 0.169 e. The maximum Gasteiger partial charge on any atom is 0.169 e. The second-order valence-electron chi connectivity index (χ2n) is 37.2. The van der Waals surface area contributed by atoms with Crippen LogP contribution in [-0.4, -0.2) is 84.4 Å². The van der Waals surface area contributed by atoms with E-state index in [1.165, 1.54) is 143 Å². The van der Waals surface area contributed by atoms with Crippen molar-refractivity contribution in [3.8, 4) is 0 Å². The summed E-state index contributed by atoms with van der Waals surface area (Å²) in [6.07, 6.45) is 26.0. The van der Waals surface area contributed by atoms with E-state index in [9.17, 15) is 30.7 Å². The Bertz CT molecular complexity index is 4410. The highest BCUT2D eigenvalue weighted by Gasteiger charge is 2.24. The molecular weight excluding hydrogens is 1610 g/mol. The van der Waals surface area contributed by atoms with Crippen LogP contribution in [0.2, 0.25) is 0 Å². The van der Waals surface area contributed by atoms with E-state index < -0.39 is 40.7 Å². The van der Waals surface area contributed by atoms with E-state index in [1.807, 2.05) is 66.3 Å². The molecule has 0 radical (unpaired) electrons. The SMILES string of the molecule is CC1CCC(C)CC1.CC1CCC(C)OC1.CC1CCC(C)OC1.CC1COC(C)OC1.CC1COC(C)OC1.Cc1cc2c(c(F)c1F)CC(C)CC2.Cc1cc2ccc(C)c(F)c2c(F)c1F.Cc1ccc(C)c(F)c1F.Cc1ccc(C)cc1.Cc1ccc2c(c1)CCC(C)C2.Cc1ccc2cc(C)ccc2c1.Cc1cnc(C)nc1.Cc1cnc(C)nc1. The Morgan fingerprint density at radius 3 is 0.969 bits per heavy atom. The van der Waals surface area contributed by atoms with Gasteiger partial charge in [-0.1, -0.05) is 218 Å². The Morgan fingerprint density at radius 2 is 0.575 bits per heavy atom. The van der Waals surface area contributed by atoms with Crippen molar-refractivity contribution < 1.29 is 59.2 Å². The molecule has 6 atom stereocenters. The van der Waals surface area contributed by atoms with Crippen molar-refractivity contribution in [3.63, 3.8) is 0 Å². The molecule has 0 N–H and O–H groups in total. The van der Waals surface area contributed by atoms with Gasteiger partial charge in [0, 0.05) is 49.8 Å². The van der Waals surface area contributed by atoms with Gasteiger partial charge in [0.25, 0.3) is 0 Å². The quantitative estimate of drug-likeness (QED) is 0.136. The summed E-state index contributed by atoms with van der Waals surface area (Å²) in [5, 5.41) is 2.79. The number of hydrogen-bond donors (Lipinski definition) is 0. The van der Waals surface area contributed by atoms with Gasteiger partial charge in [-0.05, 0) is 308 Å². The Balaban J connectivity index is 0.000000246. The van der Waals surface area contributed by atoms with Crippen LogP contribution in [0.5, 0.6) is 0 Å². The van der Waals surface area contributed by atoms with Crippen LogP contribution in [0.1, 0.15) is 248 Å². The minimum absolute atomic E-state index is 0.0196. The first kappa shape index (κ1) is 109. The van der Waals surface area contributed by atoms with E-state index >= 15 is 0 Å². The number of nitrogens with zero attached hydrogens (tertiary/aromatic N) is 4. The molecule has 8 aromatic carbocycles. The number of aryl methyl sites for hydroxylation is 16. The molecule has 3 aliphatic carbocycles. The third-order valence-electron chi connectivity index (χ3n) is 23.3. The molecule has 6 heterocycles. The molecule has 10 nitrogen and oxygen atoms in total. The summed E-state index contributed by atoms with van der Waals surface area (Å²) in [6, 6.07) is 38.0. The standard InChI is InChI=1S/C12H9F3.C12H14F2.C12H16.C12H12.C8H8F2.C8H16.C8H10.2C7H14O.2C6H8N2.2C6H12O2/c1-6-3-4-8-5-7(2)11(14)12(15)9(8)10(6)13;1-7-3-4-9-6-8(2)11(13)12(14)10(9)5-7;2*1-9-3-5-12-8-10(2)4-6-11(12)7-9;1-5-3-4-6(2)8(10)7(5)9;2*1-7-3-5-8(2)6-4-7;2*1-6-3-4-7(2)8-5-6;4*1-5-3-7-6(2)8-4-5/h3-5H,1-2H3;6-7H,3-5H2,1-2H3;3,5,7,10H,4,6,8H2,1-2H3;3-8H,1-2H3;3-4H,1-2H3;7-8H,3-6H2,1-2H3;3-6H,1-2H3;2*6-7H,3-5H2,1-2H3;2*3-4H,1-2H3;2*5-6H,3-4H2,1-2H3. The van der Waals surface area contributed by atoms with Crippen LogP contribution < -0.4 is 0 Å². The molecule has 7 aliphatic rings. The van der Waals surface area contributed by atoms with Gasteiger partial charge in [-0.3, -0.25) is 0 Å². The Morgan fingerprint density at radius 1 is 0.244 bits per heavy atom. The summed E-state index contributed by atoms with van der Waals surface area (Å²) in [7, 11) is 0. The Kier molecular flexibility index (Phi) is 49.0. The summed E-state index contributed by atoms with van der Waals surface area (Å²) in [6.45, 7) is 57.3. The van der Waals surface area contributed by atoms with Crippen LogP contribution >= 0.6 is 0 Å². The molecule has 698 valence electrons. The fourth-order valence-corrected chi connectivity index (χ4v) is 14.5. The highest BCUT2D eigenvalue weighted by atomic mass is 19.2. The van der Waals surface area contributed by atoms with Crippen LogP contribution in [0.4, 0.5) is 30.7 Å². The first-order chi connectivity index (χ1) is 60.0. The monoisotopic (exact) mass is 1760 g/mol. The third-order valence-corrected chi connectivity index (χ3v) is 23.3. The number of benzene rings is 8. The van der Waals surface area contributed by atoms with Crippen molar-refractivity contribution in [3.05, 3.63) is 281 Å². The number of aromatic nitrogens is 4. The minimum atomic E-state index is -1.11. The average molecular weight is 1760 g/mol. The van der Waals surface area contributed by atoms with Gasteiger partial charge in [0.1, 0.15) is 17.5 Å². The normalized spacial score (nSPS) is 21.7. The molecule has 1 saturated carbocycles. The van der Waals surface area contributed by atoms with Crippen molar-refractivity contribution in [1.82, 2.24) is 19.9 Å². The van der Waals surface area contributed by atoms with Gasteiger partial charge in [0.05, 0.1) is 44.0 Å². The lowest BCUT2D eigenvalue weighted by Crippen LogP contribution is -2.27. The summed E-state index contributed by atoms with van der Waals surface area (Å²) < 4.78 is 124. The summed E-state index contributed by atoms with van der Waals surface area (Å²) >= 11 is 0. The zero-order chi connectivity index (χ0) is 94.1. The van der Waals surface area contributed by atoms with Gasteiger partial charge < -0.3 is 28.4 Å². The number of halogens is 7. The van der Waals surface area contributed by atoms with Gasteiger partial charge in [0.15, 0.2) is 47.5 Å². The van der Waals surface area contributed by atoms with E-state index in [0.717, 1.165) is 110 Å². The van der Waals surface area contributed by atoms with Crippen LogP contribution in [0.3, 0.4) is 0 Å². The number of fused-ring (bicyclic) bond motifs is 4. The fraction of sp³-hybridized carbons (Fsp3) is 0.527. The molecule has 0 bridgehead atoms. The summed E-state index contributed by atoms with van der Waals surface area (Å²) in [5.41, 5.74) is 15.3. The predicted molar refractivity (Wildman–Crippen MR) is 512 cm³/mol. The molecule has 5 fully saturated rings. The average Bonchev–Trinajstić information content (AvgIpc) is 0.781. The second-order valence-corrected chi connectivity index (χ2v) is 37.2. The van der Waals surface area contributed by atoms with Gasteiger partial charge in [-0.25, -0.2) is 50.7 Å². The highest BCUT2D eigenvalue weighted by Crippen LogP contribution is 2.33. The van der Waals surface area contributed by atoms with Crippen LogP contribution in [0, 0.1) is 185 Å². The predicted octanol–water partition coefficient (Wildman–Crippen LogP) is 29.4. The van der Waals surface area contributed by atoms with Gasteiger partial charge in [-0.15, -0.1) is 0 Å². The third kappa shape index (κ3) is 41.6. The fourth-order valence-electron chi connectivity index (χ4n) is 14.5. The lowest BCUT2D eigenvalue weighted by molar-refractivity contribution is -0.187. The summed E-state index contributed by atoms with van der Waals surface area (Å²) in [4.78, 5) is 15.9. The maximum atomic E-state index is 13.6. The van der Waals surface area contributed by atoms with E-state index in [2.05, 4.69) is 203 Å². The number of ether oxygens (including phenoxy) is 6. The molecule has 10 aromatic rings. The number of hydrogen-bond acceptors (Lipinski definition) is 10. The van der Waals surface area contributed by atoms with Crippen molar-refractivity contribution in [2.45, 2.75) is 295 Å². The Labute approximate surface area is 759 Å². The lowest BCUT2D eigenvalue weighted by atomic mass is 9.84. The molecule has 4 aliphatic heterocycles. The molecule has 6 unspecified atom stereocenters. The van der Waals surface area contributed by atoms with E-state index in [4.69, 9.17) is 28.4 Å². The topological polar surface area (TPSA) is 107 Å². The number of rotatable bonds is 0. The molecule has 4 saturated heterocycles. The Hall–Kier alpha value is -8.29. The lowest BCUT2D eigenvalue weighted by Gasteiger charge is -2.24. The molecule has 2 aromatic heterocycles. The van der Waals surface area contributed by atoms with Crippen LogP contribution in [0.25, 0.3) is 21.5 Å². The van der Waals surface area contributed by atoms with Gasteiger partial charge in [0.2, 0.25) is 0 Å². The van der Waals surface area contributed by atoms with Crippen molar-refractivity contribution in [1.29, 1.82) is 0 Å². The van der Waals surface area contributed by atoms with E-state index in [-0.39, 0.29) is 23.5 Å². The first-order valence-corrected chi connectivity index (χ1v) is 46.3. The molecule has 0 amide bonds. The first-order valence-electron chi connectivity index (χ1n) is 46.3. The van der Waals surface area contributed by atoms with E-state index in [1.54, 1.807) is 48.4 Å². The summed E-state index contributed by atoms with van der Waals surface area (Å²) in [5.74, 6) is 2.27. The van der Waals surface area contributed by atoms with E-state index in [0.29, 0.717) is 69.6 Å². The maximum absolute atomic E-state index is 13.6. The van der Waals surface area contributed by atoms with Gasteiger partial charge in [-0.2, -0.15) is 0 Å². The minimum Gasteiger partial charge on any atom is -0.378 e. The highest BCUT2D eigenvalue weighted by molar-refractivity contribution is 5.85. The van der Waals surface area contributed by atoms with Crippen molar-refractivity contribution in [2.75, 3.05) is 39.6 Å². The van der Waals surface area contributed by atoms with Crippen molar-refractivity contribution in [2.24, 2.45) is 47.3 Å². The molecule has 17 heteroatoms. The molecule has 17 rings (SSSR count). The second kappa shape index (κ2) is 57.0. The molecular formula is C110H153F7N4O6. The molecule has 127 heavy (non-hydrogen) atoms. The zero-order valence-corrected chi connectivity index (χ0v) is 81.7. The van der Waals surface area contributed by atoms with Gasteiger partial charge >= 0.3 is 0 Å². The van der Waals surface area contributed by atoms with Crippen LogP contribution in [0.15, 0.2) is 140 Å². The largest absolute Gasteiger partial charge is 0.378 e. The zero-order valence-electron chi connectivity index (χ0n) is 81.7. The van der Waals surface area contributed by atoms with Crippen LogP contribution in [-0.2, 0) is 54.1 Å².